The molecule has 1 N–H and O–H groups in total. The van der Waals surface area contributed by atoms with Gasteiger partial charge in [-0.2, -0.15) is 0 Å². The Morgan fingerprint density at radius 3 is 2.48 bits per heavy atom. The predicted molar refractivity (Wildman–Crippen MR) is 99.4 cm³/mol. The van der Waals surface area contributed by atoms with E-state index in [2.05, 4.69) is 12.2 Å². The van der Waals surface area contributed by atoms with Crippen LogP contribution >= 0.6 is 0 Å². The van der Waals surface area contributed by atoms with Crippen LogP contribution in [0.25, 0.3) is 0 Å². The van der Waals surface area contributed by atoms with E-state index in [0.717, 1.165) is 18.5 Å². The summed E-state index contributed by atoms with van der Waals surface area (Å²) < 4.78 is 0. The molecule has 2 aromatic carbocycles. The lowest BCUT2D eigenvalue weighted by molar-refractivity contribution is -0.132. The molecule has 1 aliphatic rings. The van der Waals surface area contributed by atoms with Crippen LogP contribution < -0.4 is 10.2 Å². The van der Waals surface area contributed by atoms with E-state index in [1.165, 1.54) is 11.1 Å². The molecule has 2 aromatic rings. The number of nitrogens with zero attached hydrogens (tertiary/aromatic N) is 1. The van der Waals surface area contributed by atoms with Gasteiger partial charge in [0, 0.05) is 18.8 Å². The maximum atomic E-state index is 12.6. The summed E-state index contributed by atoms with van der Waals surface area (Å²) in [5, 5.41) is 2.91. The first-order chi connectivity index (χ1) is 12.2. The molecule has 2 amide bonds. The summed E-state index contributed by atoms with van der Waals surface area (Å²) in [5.41, 5.74) is 3.30. The molecular weight excluding hydrogens is 312 g/mol. The quantitative estimate of drug-likeness (QED) is 0.825. The van der Waals surface area contributed by atoms with Gasteiger partial charge in [0.1, 0.15) is 5.92 Å². The van der Waals surface area contributed by atoms with Crippen LogP contribution in [0.3, 0.4) is 0 Å². The SMILES string of the molecule is CCc1ccc(N2CCC(C(=O)NCCc3ccccc3)C2=O)cc1. The number of amides is 2. The highest BCUT2D eigenvalue weighted by atomic mass is 16.2. The molecular formula is C21H24N2O2. The maximum Gasteiger partial charge on any atom is 0.239 e. The van der Waals surface area contributed by atoms with Crippen LogP contribution in [-0.4, -0.2) is 24.9 Å². The largest absolute Gasteiger partial charge is 0.355 e. The Kier molecular flexibility index (Phi) is 5.49. The van der Waals surface area contributed by atoms with Crippen molar-refractivity contribution in [2.75, 3.05) is 18.0 Å². The van der Waals surface area contributed by atoms with Gasteiger partial charge in [-0.15, -0.1) is 0 Å². The van der Waals surface area contributed by atoms with Crippen molar-refractivity contribution in [2.24, 2.45) is 5.92 Å². The summed E-state index contributed by atoms with van der Waals surface area (Å²) in [6.07, 6.45) is 2.32. The zero-order chi connectivity index (χ0) is 17.6. The lowest BCUT2D eigenvalue weighted by Gasteiger charge is -2.17. The van der Waals surface area contributed by atoms with Crippen LogP contribution in [0.4, 0.5) is 5.69 Å². The number of carbonyl (C=O) groups excluding carboxylic acids is 2. The van der Waals surface area contributed by atoms with Gasteiger partial charge in [0.2, 0.25) is 11.8 Å². The first-order valence-electron chi connectivity index (χ1n) is 8.91. The van der Waals surface area contributed by atoms with Crippen LogP contribution in [0.1, 0.15) is 24.5 Å². The van der Waals surface area contributed by atoms with Crippen molar-refractivity contribution in [1.29, 1.82) is 0 Å². The molecule has 1 aliphatic heterocycles. The third-order valence-corrected chi connectivity index (χ3v) is 4.73. The smallest absolute Gasteiger partial charge is 0.239 e. The zero-order valence-corrected chi connectivity index (χ0v) is 14.6. The summed E-state index contributed by atoms with van der Waals surface area (Å²) in [5.74, 6) is -0.823. The van der Waals surface area contributed by atoms with E-state index in [1.54, 1.807) is 4.90 Å². The van der Waals surface area contributed by atoms with Gasteiger partial charge in [-0.3, -0.25) is 9.59 Å². The van der Waals surface area contributed by atoms with E-state index in [1.807, 2.05) is 54.6 Å². The fraction of sp³-hybridized carbons (Fsp3) is 0.333. The minimum atomic E-state index is -0.568. The second-order valence-corrected chi connectivity index (χ2v) is 6.38. The highest BCUT2D eigenvalue weighted by Gasteiger charge is 2.37. The van der Waals surface area contributed by atoms with Crippen molar-refractivity contribution in [1.82, 2.24) is 5.32 Å². The van der Waals surface area contributed by atoms with Gasteiger partial charge < -0.3 is 10.2 Å². The zero-order valence-electron chi connectivity index (χ0n) is 14.6. The molecule has 0 radical (unpaired) electrons. The van der Waals surface area contributed by atoms with Crippen LogP contribution in [0.5, 0.6) is 0 Å². The topological polar surface area (TPSA) is 49.4 Å². The maximum absolute atomic E-state index is 12.6. The van der Waals surface area contributed by atoms with E-state index in [9.17, 15) is 9.59 Å². The first-order valence-corrected chi connectivity index (χ1v) is 8.91. The molecule has 0 saturated carbocycles. The lowest BCUT2D eigenvalue weighted by atomic mass is 10.1. The van der Waals surface area contributed by atoms with Crippen molar-refractivity contribution in [3.63, 3.8) is 0 Å². The number of aryl methyl sites for hydroxylation is 1. The Morgan fingerprint density at radius 2 is 1.80 bits per heavy atom. The normalized spacial score (nSPS) is 16.9. The van der Waals surface area contributed by atoms with Crippen molar-refractivity contribution in [2.45, 2.75) is 26.2 Å². The van der Waals surface area contributed by atoms with E-state index < -0.39 is 5.92 Å². The number of anilines is 1. The number of benzene rings is 2. The molecule has 0 bridgehead atoms. The minimum absolute atomic E-state index is 0.0959. The Labute approximate surface area is 148 Å². The Hall–Kier alpha value is -2.62. The Balaban J connectivity index is 1.54. The van der Waals surface area contributed by atoms with E-state index >= 15 is 0 Å². The number of carbonyl (C=O) groups is 2. The van der Waals surface area contributed by atoms with E-state index in [-0.39, 0.29) is 11.8 Å². The third-order valence-electron chi connectivity index (χ3n) is 4.73. The second kappa shape index (κ2) is 7.97. The predicted octanol–water partition coefficient (Wildman–Crippen LogP) is 2.96. The van der Waals surface area contributed by atoms with Gasteiger partial charge in [-0.1, -0.05) is 49.4 Å². The van der Waals surface area contributed by atoms with Crippen molar-refractivity contribution >= 4 is 17.5 Å². The van der Waals surface area contributed by atoms with Crippen LogP contribution in [0, 0.1) is 5.92 Å². The molecule has 1 fully saturated rings. The second-order valence-electron chi connectivity index (χ2n) is 6.38. The average molecular weight is 336 g/mol. The molecule has 0 spiro atoms. The molecule has 1 heterocycles. The standard InChI is InChI=1S/C21H24N2O2/c1-2-16-8-10-18(11-9-16)23-15-13-19(21(23)25)20(24)22-14-12-17-6-4-3-5-7-17/h3-11,19H,2,12-15H2,1H3,(H,22,24). The Morgan fingerprint density at radius 1 is 1.08 bits per heavy atom. The summed E-state index contributed by atoms with van der Waals surface area (Å²) in [6.45, 7) is 3.25. The van der Waals surface area contributed by atoms with Crippen molar-refractivity contribution in [3.8, 4) is 0 Å². The fourth-order valence-corrected chi connectivity index (χ4v) is 3.19. The van der Waals surface area contributed by atoms with Gasteiger partial charge >= 0.3 is 0 Å². The molecule has 4 heteroatoms. The van der Waals surface area contributed by atoms with Gasteiger partial charge in [0.15, 0.2) is 0 Å². The molecule has 130 valence electrons. The molecule has 0 aliphatic carbocycles. The summed E-state index contributed by atoms with van der Waals surface area (Å²) >= 11 is 0. The van der Waals surface area contributed by atoms with Gasteiger partial charge in [0.25, 0.3) is 0 Å². The van der Waals surface area contributed by atoms with Gasteiger partial charge in [-0.25, -0.2) is 0 Å². The molecule has 3 rings (SSSR count). The molecule has 25 heavy (non-hydrogen) atoms. The molecule has 1 atom stereocenters. The first kappa shape index (κ1) is 17.2. The van der Waals surface area contributed by atoms with Gasteiger partial charge in [-0.05, 0) is 42.5 Å². The number of nitrogens with one attached hydrogen (secondary N) is 1. The highest BCUT2D eigenvalue weighted by molar-refractivity contribution is 6.09. The third kappa shape index (κ3) is 4.08. The van der Waals surface area contributed by atoms with Crippen LogP contribution in [0.15, 0.2) is 54.6 Å². The summed E-state index contributed by atoms with van der Waals surface area (Å²) in [7, 11) is 0. The van der Waals surface area contributed by atoms with Crippen LogP contribution in [-0.2, 0) is 22.4 Å². The van der Waals surface area contributed by atoms with Gasteiger partial charge in [0.05, 0.1) is 0 Å². The minimum Gasteiger partial charge on any atom is -0.355 e. The van der Waals surface area contributed by atoms with E-state index in [4.69, 9.17) is 0 Å². The summed E-state index contributed by atoms with van der Waals surface area (Å²) in [4.78, 5) is 26.7. The number of hydrogen-bond acceptors (Lipinski definition) is 2. The highest BCUT2D eigenvalue weighted by Crippen LogP contribution is 2.25. The molecule has 1 saturated heterocycles. The average Bonchev–Trinajstić information content (AvgIpc) is 3.04. The Bertz CT molecular complexity index is 725. The molecule has 1 unspecified atom stereocenters. The van der Waals surface area contributed by atoms with E-state index in [0.29, 0.717) is 19.5 Å². The molecule has 4 nitrogen and oxygen atoms in total. The fourth-order valence-electron chi connectivity index (χ4n) is 3.19. The molecule has 0 aromatic heterocycles. The summed E-state index contributed by atoms with van der Waals surface area (Å²) in [6, 6.07) is 18.0. The van der Waals surface area contributed by atoms with Crippen LogP contribution in [0.2, 0.25) is 0 Å². The monoisotopic (exact) mass is 336 g/mol. The number of hydrogen-bond donors (Lipinski definition) is 1. The van der Waals surface area contributed by atoms with Crippen molar-refractivity contribution < 1.29 is 9.59 Å². The van der Waals surface area contributed by atoms with Crippen molar-refractivity contribution in [3.05, 3.63) is 65.7 Å². The number of rotatable bonds is 6. The lowest BCUT2D eigenvalue weighted by Crippen LogP contribution is -2.37.